The topological polar surface area (TPSA) is 47.9 Å². The van der Waals surface area contributed by atoms with Crippen molar-refractivity contribution in [2.45, 2.75) is 26.4 Å². The number of aliphatic hydroxyl groups is 1. The highest BCUT2D eigenvalue weighted by atomic mass is 16.5. The van der Waals surface area contributed by atoms with E-state index in [-0.39, 0.29) is 12.4 Å². The second-order valence-corrected chi connectivity index (χ2v) is 7.12. The van der Waals surface area contributed by atoms with Gasteiger partial charge in [0.1, 0.15) is 36.2 Å². The molecule has 3 rings (SSSR count). The number of rotatable bonds is 11. The van der Waals surface area contributed by atoms with Crippen LogP contribution in [0.2, 0.25) is 0 Å². The summed E-state index contributed by atoms with van der Waals surface area (Å²) >= 11 is 0. The minimum atomic E-state index is -0.0118. The normalized spacial score (nSPS) is 10.4. The summed E-state index contributed by atoms with van der Waals surface area (Å²) in [6.45, 7) is 6.49. The maximum atomic E-state index is 9.32. The van der Waals surface area contributed by atoms with Crippen LogP contribution in [0.5, 0.6) is 17.2 Å². The first kappa shape index (κ1) is 21.3. The summed E-state index contributed by atoms with van der Waals surface area (Å²) in [5.74, 6) is 2.22. The van der Waals surface area contributed by atoms with Crippen LogP contribution in [0.15, 0.2) is 85.1 Å². The molecule has 30 heavy (non-hydrogen) atoms. The number of aliphatic hydroxyl groups excluding tert-OH is 1. The number of para-hydroxylation sites is 1. The average molecular weight is 405 g/mol. The van der Waals surface area contributed by atoms with Gasteiger partial charge in [-0.05, 0) is 43.0 Å². The second kappa shape index (κ2) is 11.0. The van der Waals surface area contributed by atoms with Crippen LogP contribution in [-0.4, -0.2) is 18.3 Å². The van der Waals surface area contributed by atoms with Gasteiger partial charge < -0.3 is 19.3 Å². The van der Waals surface area contributed by atoms with Crippen LogP contribution in [-0.2, 0) is 13.0 Å². The monoisotopic (exact) mass is 404 g/mol. The predicted octanol–water partition coefficient (Wildman–Crippen LogP) is 6.04. The Balaban J connectivity index is 1.53. The molecule has 4 nitrogen and oxygen atoms in total. The Kier molecular flexibility index (Phi) is 7.78. The van der Waals surface area contributed by atoms with Crippen molar-refractivity contribution < 1.29 is 19.3 Å². The molecule has 3 aromatic carbocycles. The quantitative estimate of drug-likeness (QED) is 0.313. The number of ether oxygens (including phenoxy) is 3. The molecule has 0 aliphatic carbocycles. The molecule has 0 saturated heterocycles. The average Bonchev–Trinajstić information content (AvgIpc) is 2.75. The smallest absolute Gasteiger partial charge is 0.144 e. The highest BCUT2D eigenvalue weighted by Crippen LogP contribution is 2.26. The molecule has 3 aromatic rings. The van der Waals surface area contributed by atoms with Crippen LogP contribution in [0.3, 0.4) is 0 Å². The Hall–Kier alpha value is -3.40. The van der Waals surface area contributed by atoms with Gasteiger partial charge in [-0.1, -0.05) is 61.2 Å². The van der Waals surface area contributed by atoms with Gasteiger partial charge in [-0.3, -0.25) is 0 Å². The third kappa shape index (κ3) is 6.59. The van der Waals surface area contributed by atoms with E-state index < -0.39 is 0 Å². The molecular weight excluding hydrogens is 376 g/mol. The minimum absolute atomic E-state index is 0.0118. The van der Waals surface area contributed by atoms with Crippen molar-refractivity contribution in [3.8, 4) is 17.2 Å². The fourth-order valence-electron chi connectivity index (χ4n) is 3.11. The molecule has 0 unspecified atom stereocenters. The molecule has 4 heteroatoms. The van der Waals surface area contributed by atoms with E-state index in [4.69, 9.17) is 14.2 Å². The molecule has 0 radical (unpaired) electrons. The van der Waals surface area contributed by atoms with Crippen LogP contribution in [0.1, 0.15) is 23.1 Å². The maximum Gasteiger partial charge on any atom is 0.144 e. The Morgan fingerprint density at radius 1 is 0.867 bits per heavy atom. The van der Waals surface area contributed by atoms with Gasteiger partial charge in [0.2, 0.25) is 0 Å². The summed E-state index contributed by atoms with van der Waals surface area (Å²) in [6, 6.07) is 23.9. The largest absolute Gasteiger partial charge is 0.509 e. The molecule has 0 heterocycles. The summed E-state index contributed by atoms with van der Waals surface area (Å²) in [6.07, 6.45) is 1.95. The van der Waals surface area contributed by atoms with E-state index in [1.54, 1.807) is 0 Å². The maximum absolute atomic E-state index is 9.32. The summed E-state index contributed by atoms with van der Waals surface area (Å²) in [7, 11) is 0. The Labute approximate surface area is 178 Å². The molecule has 156 valence electrons. The van der Waals surface area contributed by atoms with Gasteiger partial charge in [0.05, 0.1) is 6.61 Å². The lowest BCUT2D eigenvalue weighted by Gasteiger charge is -2.15. The molecule has 0 aliphatic heterocycles. The molecule has 0 spiro atoms. The lowest BCUT2D eigenvalue weighted by Crippen LogP contribution is -2.06. The zero-order valence-electron chi connectivity index (χ0n) is 17.3. The SMILES string of the molecule is C=C(O)COc1c(C)cccc1COc1cccc(OCCCc2ccccc2)c1. The van der Waals surface area contributed by atoms with Crippen molar-refractivity contribution in [1.29, 1.82) is 0 Å². The van der Waals surface area contributed by atoms with Crippen LogP contribution >= 0.6 is 0 Å². The van der Waals surface area contributed by atoms with Crippen LogP contribution in [0.25, 0.3) is 0 Å². The summed E-state index contributed by atoms with van der Waals surface area (Å²) in [5, 5.41) is 9.32. The van der Waals surface area contributed by atoms with Gasteiger partial charge in [-0.25, -0.2) is 0 Å². The van der Waals surface area contributed by atoms with Crippen molar-refractivity contribution in [3.63, 3.8) is 0 Å². The van der Waals surface area contributed by atoms with Crippen LogP contribution in [0, 0.1) is 6.92 Å². The highest BCUT2D eigenvalue weighted by Gasteiger charge is 2.09. The van der Waals surface area contributed by atoms with Crippen molar-refractivity contribution in [2.75, 3.05) is 13.2 Å². The third-order valence-corrected chi connectivity index (χ3v) is 4.60. The lowest BCUT2D eigenvalue weighted by molar-refractivity contribution is 0.256. The first-order valence-corrected chi connectivity index (χ1v) is 10.1. The van der Waals surface area contributed by atoms with Crippen molar-refractivity contribution in [2.24, 2.45) is 0 Å². The number of aryl methyl sites for hydroxylation is 2. The summed E-state index contributed by atoms with van der Waals surface area (Å²) in [5.41, 5.74) is 3.21. The molecule has 0 bridgehead atoms. The van der Waals surface area contributed by atoms with Gasteiger partial charge in [-0.2, -0.15) is 0 Å². The lowest BCUT2D eigenvalue weighted by atomic mass is 10.1. The van der Waals surface area contributed by atoms with Gasteiger partial charge in [0, 0.05) is 11.6 Å². The molecular formula is C26H28O4. The molecule has 0 aromatic heterocycles. The second-order valence-electron chi connectivity index (χ2n) is 7.12. The highest BCUT2D eigenvalue weighted by molar-refractivity contribution is 5.41. The standard InChI is InChI=1S/C26H28O4/c1-20-9-6-13-23(26(20)30-18-21(2)27)19-29-25-15-7-14-24(17-25)28-16-8-12-22-10-4-3-5-11-22/h3-7,9-11,13-15,17,27H,2,8,12,16,18-19H2,1H3. The van der Waals surface area contributed by atoms with E-state index >= 15 is 0 Å². The van der Waals surface area contributed by atoms with E-state index in [2.05, 4.69) is 30.8 Å². The van der Waals surface area contributed by atoms with Gasteiger partial charge in [0.15, 0.2) is 0 Å². The summed E-state index contributed by atoms with van der Waals surface area (Å²) in [4.78, 5) is 0. The Morgan fingerprint density at radius 3 is 2.37 bits per heavy atom. The Bertz CT molecular complexity index is 950. The van der Waals surface area contributed by atoms with E-state index in [0.29, 0.717) is 19.0 Å². The van der Waals surface area contributed by atoms with Crippen LogP contribution < -0.4 is 14.2 Å². The zero-order chi connectivity index (χ0) is 21.2. The molecule has 0 amide bonds. The van der Waals surface area contributed by atoms with E-state index in [1.165, 1.54) is 5.56 Å². The third-order valence-electron chi connectivity index (χ3n) is 4.60. The zero-order valence-corrected chi connectivity index (χ0v) is 17.3. The van der Waals surface area contributed by atoms with E-state index in [1.807, 2.05) is 55.5 Å². The van der Waals surface area contributed by atoms with Crippen molar-refractivity contribution in [1.82, 2.24) is 0 Å². The van der Waals surface area contributed by atoms with Crippen molar-refractivity contribution >= 4 is 0 Å². The number of hydrogen-bond acceptors (Lipinski definition) is 4. The number of benzene rings is 3. The van der Waals surface area contributed by atoms with Crippen LogP contribution in [0.4, 0.5) is 0 Å². The number of hydrogen-bond donors (Lipinski definition) is 1. The fraction of sp³-hybridized carbons (Fsp3) is 0.231. The van der Waals surface area contributed by atoms with Gasteiger partial charge in [0.25, 0.3) is 0 Å². The van der Waals surface area contributed by atoms with Crippen molar-refractivity contribution in [3.05, 3.63) is 102 Å². The van der Waals surface area contributed by atoms with E-state index in [0.717, 1.165) is 35.5 Å². The minimum Gasteiger partial charge on any atom is -0.509 e. The predicted molar refractivity (Wildman–Crippen MR) is 119 cm³/mol. The molecule has 0 atom stereocenters. The fourth-order valence-corrected chi connectivity index (χ4v) is 3.11. The summed E-state index contributed by atoms with van der Waals surface area (Å²) < 4.78 is 17.5. The van der Waals surface area contributed by atoms with Gasteiger partial charge in [-0.15, -0.1) is 0 Å². The first-order valence-electron chi connectivity index (χ1n) is 10.1. The first-order chi connectivity index (χ1) is 14.6. The molecule has 0 fully saturated rings. The molecule has 1 N–H and O–H groups in total. The molecule has 0 saturated carbocycles. The van der Waals surface area contributed by atoms with E-state index in [9.17, 15) is 5.11 Å². The Morgan fingerprint density at radius 2 is 1.60 bits per heavy atom. The van der Waals surface area contributed by atoms with Gasteiger partial charge >= 0.3 is 0 Å². The molecule has 0 aliphatic rings.